The first-order valence-corrected chi connectivity index (χ1v) is 9.51. The molecule has 0 spiro atoms. The molecule has 1 aromatic heterocycles. The highest BCUT2D eigenvalue weighted by atomic mass is 35.5. The molecule has 0 aliphatic carbocycles. The van der Waals surface area contributed by atoms with E-state index in [1.807, 2.05) is 12.1 Å². The summed E-state index contributed by atoms with van der Waals surface area (Å²) in [5.74, 6) is 0.391. The number of carbonyl (C=O) groups excluding carboxylic acids is 2. The van der Waals surface area contributed by atoms with E-state index in [4.69, 9.17) is 20.9 Å². The summed E-state index contributed by atoms with van der Waals surface area (Å²) >= 11 is 6.02. The van der Waals surface area contributed by atoms with Crippen LogP contribution in [0.1, 0.15) is 51.0 Å². The zero-order chi connectivity index (χ0) is 19.2. The second-order valence-electron chi connectivity index (χ2n) is 6.37. The minimum absolute atomic E-state index is 0.0769. The maximum absolute atomic E-state index is 12.6. The molecule has 1 amide bonds. The van der Waals surface area contributed by atoms with Crippen LogP contribution >= 0.6 is 11.6 Å². The van der Waals surface area contributed by atoms with E-state index in [2.05, 4.69) is 10.1 Å². The van der Waals surface area contributed by atoms with Crippen LogP contribution in [0.3, 0.4) is 0 Å². The van der Waals surface area contributed by atoms with E-state index in [0.29, 0.717) is 29.9 Å². The van der Waals surface area contributed by atoms with Gasteiger partial charge < -0.3 is 14.2 Å². The van der Waals surface area contributed by atoms with Crippen molar-refractivity contribution in [2.45, 2.75) is 45.1 Å². The molecule has 3 rings (SSSR count). The van der Waals surface area contributed by atoms with E-state index in [9.17, 15) is 9.59 Å². The van der Waals surface area contributed by atoms with Gasteiger partial charge in [0.1, 0.15) is 6.04 Å². The van der Waals surface area contributed by atoms with Gasteiger partial charge in [0.2, 0.25) is 17.6 Å². The molecule has 144 valence electrons. The van der Waals surface area contributed by atoms with Crippen LogP contribution in [-0.2, 0) is 14.3 Å². The first kappa shape index (κ1) is 19.4. The monoisotopic (exact) mass is 391 g/mol. The van der Waals surface area contributed by atoms with Gasteiger partial charge >= 0.3 is 5.97 Å². The standard InChI is InChI=1S/C19H22ClN3O4/c1-2-26-17(25)10-9-16(24)23-11-4-3-8-15(23)19-21-18(22-27-19)13-6-5-7-14(20)12-13/h5-7,12,15H,2-4,8-11H2,1H3. The van der Waals surface area contributed by atoms with E-state index < -0.39 is 0 Å². The summed E-state index contributed by atoms with van der Waals surface area (Å²) < 4.78 is 10.3. The lowest BCUT2D eigenvalue weighted by molar-refractivity contribution is -0.146. The molecule has 1 unspecified atom stereocenters. The van der Waals surface area contributed by atoms with Gasteiger partial charge in [-0.3, -0.25) is 9.59 Å². The third-order valence-electron chi connectivity index (χ3n) is 4.48. The number of esters is 1. The molecule has 1 atom stereocenters. The summed E-state index contributed by atoms with van der Waals surface area (Å²) in [7, 11) is 0. The van der Waals surface area contributed by atoms with Crippen molar-refractivity contribution in [3.8, 4) is 11.4 Å². The maximum Gasteiger partial charge on any atom is 0.306 e. The summed E-state index contributed by atoms with van der Waals surface area (Å²) in [6.45, 7) is 2.67. The summed E-state index contributed by atoms with van der Waals surface area (Å²) in [4.78, 5) is 30.4. The van der Waals surface area contributed by atoms with Gasteiger partial charge in [0, 0.05) is 23.6 Å². The molecule has 1 saturated heterocycles. The minimum Gasteiger partial charge on any atom is -0.466 e. The topological polar surface area (TPSA) is 85.5 Å². The normalized spacial score (nSPS) is 17.0. The van der Waals surface area contributed by atoms with Gasteiger partial charge in [0.15, 0.2) is 0 Å². The number of ether oxygens (including phenoxy) is 1. The Morgan fingerprint density at radius 2 is 2.19 bits per heavy atom. The molecule has 2 aromatic rings. The average molecular weight is 392 g/mol. The van der Waals surface area contributed by atoms with Gasteiger partial charge in [-0.25, -0.2) is 0 Å². The molecular weight excluding hydrogens is 370 g/mol. The average Bonchev–Trinajstić information content (AvgIpc) is 3.16. The van der Waals surface area contributed by atoms with Crippen LogP contribution in [0, 0.1) is 0 Å². The Morgan fingerprint density at radius 1 is 1.33 bits per heavy atom. The molecule has 1 fully saturated rings. The largest absolute Gasteiger partial charge is 0.466 e. The van der Waals surface area contributed by atoms with Gasteiger partial charge in [-0.15, -0.1) is 0 Å². The van der Waals surface area contributed by atoms with Gasteiger partial charge in [0.25, 0.3) is 0 Å². The molecule has 0 radical (unpaired) electrons. The van der Waals surface area contributed by atoms with E-state index in [-0.39, 0.29) is 30.8 Å². The number of nitrogens with zero attached hydrogens (tertiary/aromatic N) is 3. The van der Waals surface area contributed by atoms with Crippen molar-refractivity contribution in [3.05, 3.63) is 35.2 Å². The third-order valence-corrected chi connectivity index (χ3v) is 4.72. The quantitative estimate of drug-likeness (QED) is 0.696. The van der Waals surface area contributed by atoms with Crippen LogP contribution in [0.4, 0.5) is 0 Å². The van der Waals surface area contributed by atoms with Crippen molar-refractivity contribution in [1.82, 2.24) is 15.0 Å². The number of piperidine rings is 1. The predicted octanol–water partition coefficient (Wildman–Crippen LogP) is 3.79. The summed E-state index contributed by atoms with van der Waals surface area (Å²) in [5, 5.41) is 4.63. The minimum atomic E-state index is -0.361. The molecule has 0 bridgehead atoms. The number of aromatic nitrogens is 2. The Balaban J connectivity index is 1.72. The van der Waals surface area contributed by atoms with Crippen LogP contribution in [0.5, 0.6) is 0 Å². The Bertz CT molecular complexity index is 808. The van der Waals surface area contributed by atoms with Gasteiger partial charge in [0.05, 0.1) is 13.0 Å². The smallest absolute Gasteiger partial charge is 0.306 e. The van der Waals surface area contributed by atoms with Crippen molar-refractivity contribution in [1.29, 1.82) is 0 Å². The van der Waals surface area contributed by atoms with E-state index in [0.717, 1.165) is 24.8 Å². The van der Waals surface area contributed by atoms with Crippen LogP contribution in [0.2, 0.25) is 5.02 Å². The number of amides is 1. The molecule has 0 N–H and O–H groups in total. The second-order valence-corrected chi connectivity index (χ2v) is 6.81. The van der Waals surface area contributed by atoms with Crippen molar-refractivity contribution >= 4 is 23.5 Å². The van der Waals surface area contributed by atoms with Crippen molar-refractivity contribution in [3.63, 3.8) is 0 Å². The molecule has 1 aromatic carbocycles. The Morgan fingerprint density at radius 3 is 2.96 bits per heavy atom. The highest BCUT2D eigenvalue weighted by Gasteiger charge is 2.32. The van der Waals surface area contributed by atoms with Crippen LogP contribution < -0.4 is 0 Å². The van der Waals surface area contributed by atoms with Crippen LogP contribution in [0.25, 0.3) is 11.4 Å². The number of rotatable bonds is 6. The molecule has 2 heterocycles. The fourth-order valence-electron chi connectivity index (χ4n) is 3.19. The molecule has 7 nitrogen and oxygen atoms in total. The lowest BCUT2D eigenvalue weighted by Crippen LogP contribution is -2.38. The number of hydrogen-bond acceptors (Lipinski definition) is 6. The van der Waals surface area contributed by atoms with Gasteiger partial charge in [-0.05, 0) is 38.3 Å². The van der Waals surface area contributed by atoms with Gasteiger partial charge in [-0.2, -0.15) is 4.98 Å². The van der Waals surface area contributed by atoms with E-state index in [1.165, 1.54) is 0 Å². The molecule has 1 aliphatic rings. The van der Waals surface area contributed by atoms with Crippen molar-refractivity contribution < 1.29 is 18.8 Å². The Kier molecular flexibility index (Phi) is 6.45. The number of benzene rings is 1. The number of halogens is 1. The lowest BCUT2D eigenvalue weighted by atomic mass is 10.0. The zero-order valence-electron chi connectivity index (χ0n) is 15.2. The van der Waals surface area contributed by atoms with E-state index in [1.54, 1.807) is 24.0 Å². The van der Waals surface area contributed by atoms with Crippen LogP contribution in [0.15, 0.2) is 28.8 Å². The highest BCUT2D eigenvalue weighted by Crippen LogP contribution is 2.32. The molecular formula is C19H22ClN3O4. The fraction of sp³-hybridized carbons (Fsp3) is 0.474. The fourth-order valence-corrected chi connectivity index (χ4v) is 3.38. The Labute approximate surface area is 162 Å². The van der Waals surface area contributed by atoms with Crippen LogP contribution in [-0.4, -0.2) is 40.1 Å². The molecule has 1 aliphatic heterocycles. The lowest BCUT2D eigenvalue weighted by Gasteiger charge is -2.33. The number of carbonyl (C=O) groups is 2. The van der Waals surface area contributed by atoms with Gasteiger partial charge in [-0.1, -0.05) is 28.9 Å². The molecule has 0 saturated carbocycles. The number of likely N-dealkylation sites (tertiary alicyclic amines) is 1. The zero-order valence-corrected chi connectivity index (χ0v) is 15.9. The third kappa shape index (κ3) is 4.86. The first-order chi connectivity index (χ1) is 13.1. The maximum atomic E-state index is 12.6. The predicted molar refractivity (Wildman–Crippen MR) is 98.9 cm³/mol. The number of hydrogen-bond donors (Lipinski definition) is 0. The highest BCUT2D eigenvalue weighted by molar-refractivity contribution is 6.30. The van der Waals surface area contributed by atoms with E-state index >= 15 is 0 Å². The summed E-state index contributed by atoms with van der Waals surface area (Å²) in [6.07, 6.45) is 2.83. The first-order valence-electron chi connectivity index (χ1n) is 9.13. The summed E-state index contributed by atoms with van der Waals surface area (Å²) in [6, 6.07) is 6.94. The second kappa shape index (κ2) is 8.99. The Hall–Kier alpha value is -2.41. The SMILES string of the molecule is CCOC(=O)CCC(=O)N1CCCCC1c1nc(-c2cccc(Cl)c2)no1. The summed E-state index contributed by atoms with van der Waals surface area (Å²) in [5.41, 5.74) is 0.758. The molecule has 8 heteroatoms. The van der Waals surface area contributed by atoms with Crippen molar-refractivity contribution in [2.75, 3.05) is 13.2 Å². The molecule has 27 heavy (non-hydrogen) atoms. The van der Waals surface area contributed by atoms with Crippen molar-refractivity contribution in [2.24, 2.45) is 0 Å².